The second-order valence-corrected chi connectivity index (χ2v) is 5.70. The summed E-state index contributed by atoms with van der Waals surface area (Å²) in [5.74, 6) is 0. The van der Waals surface area contributed by atoms with Crippen LogP contribution in [0.4, 0.5) is 0 Å². The molecule has 0 saturated carbocycles. The van der Waals surface area contributed by atoms with Crippen LogP contribution in [0.2, 0.25) is 0 Å². The molecule has 2 aromatic heterocycles. The summed E-state index contributed by atoms with van der Waals surface area (Å²) in [5.41, 5.74) is 3.24. The fourth-order valence-electron chi connectivity index (χ4n) is 2.54. The highest BCUT2D eigenvalue weighted by atomic mass is 15.3. The zero-order valence-electron chi connectivity index (χ0n) is 13.1. The molecule has 0 saturated heterocycles. The third kappa shape index (κ3) is 3.57. The Labute approximate surface area is 121 Å². The van der Waals surface area contributed by atoms with Crippen molar-refractivity contribution in [2.45, 2.75) is 59.0 Å². The Balaban J connectivity index is 1.95. The molecule has 0 aromatic carbocycles. The van der Waals surface area contributed by atoms with Crippen LogP contribution in [0.5, 0.6) is 0 Å². The molecule has 1 atom stereocenters. The Morgan fingerprint density at radius 3 is 2.90 bits per heavy atom. The summed E-state index contributed by atoms with van der Waals surface area (Å²) in [6.07, 6.45) is 7.12. The van der Waals surface area contributed by atoms with Gasteiger partial charge in [-0.3, -0.25) is 4.68 Å². The Bertz CT molecular complexity index is 559. The summed E-state index contributed by atoms with van der Waals surface area (Å²) in [5, 5.41) is 9.15. The van der Waals surface area contributed by atoms with Crippen molar-refractivity contribution in [1.29, 1.82) is 0 Å². The molecule has 1 N–H and O–H groups in total. The highest BCUT2D eigenvalue weighted by Crippen LogP contribution is 2.16. The number of hydrogen-bond donors (Lipinski definition) is 1. The van der Waals surface area contributed by atoms with Crippen molar-refractivity contribution in [3.63, 3.8) is 0 Å². The molecule has 0 aliphatic rings. The van der Waals surface area contributed by atoms with Crippen LogP contribution < -0.4 is 5.32 Å². The van der Waals surface area contributed by atoms with Crippen LogP contribution in [-0.4, -0.2) is 20.8 Å². The van der Waals surface area contributed by atoms with Crippen molar-refractivity contribution in [2.75, 3.05) is 0 Å². The zero-order valence-corrected chi connectivity index (χ0v) is 13.1. The molecule has 4 nitrogen and oxygen atoms in total. The molecule has 2 aromatic rings. The van der Waals surface area contributed by atoms with Crippen molar-refractivity contribution in [1.82, 2.24) is 20.1 Å². The van der Waals surface area contributed by atoms with E-state index in [4.69, 9.17) is 0 Å². The molecule has 1 unspecified atom stereocenters. The third-order valence-electron chi connectivity index (χ3n) is 3.81. The molecule has 0 aliphatic heterocycles. The van der Waals surface area contributed by atoms with Gasteiger partial charge in [-0.05, 0) is 31.9 Å². The van der Waals surface area contributed by atoms with Crippen LogP contribution in [0, 0.1) is 6.92 Å². The van der Waals surface area contributed by atoms with E-state index < -0.39 is 0 Å². The normalized spacial score (nSPS) is 13.0. The summed E-state index contributed by atoms with van der Waals surface area (Å²) in [7, 11) is 1.94. The van der Waals surface area contributed by atoms with E-state index in [0.29, 0.717) is 6.04 Å². The highest BCUT2D eigenvalue weighted by Gasteiger charge is 2.07. The van der Waals surface area contributed by atoms with Crippen molar-refractivity contribution in [2.24, 2.45) is 7.05 Å². The fourth-order valence-corrected chi connectivity index (χ4v) is 2.54. The van der Waals surface area contributed by atoms with Gasteiger partial charge in [0.25, 0.3) is 0 Å². The fraction of sp³-hybridized carbons (Fsp3) is 0.625. The van der Waals surface area contributed by atoms with Gasteiger partial charge in [-0.25, -0.2) is 4.98 Å². The second-order valence-electron chi connectivity index (χ2n) is 5.70. The molecule has 2 heterocycles. The van der Waals surface area contributed by atoms with Gasteiger partial charge in [0.1, 0.15) is 0 Å². The lowest BCUT2D eigenvalue weighted by molar-refractivity contribution is 0.487. The minimum Gasteiger partial charge on any atom is -0.310 e. The topological polar surface area (TPSA) is 42.7 Å². The van der Waals surface area contributed by atoms with Crippen LogP contribution in [-0.2, 0) is 13.6 Å². The van der Waals surface area contributed by atoms with Crippen molar-refractivity contribution in [3.8, 4) is 0 Å². The Kier molecular flexibility index (Phi) is 5.12. The van der Waals surface area contributed by atoms with Gasteiger partial charge in [0.2, 0.25) is 0 Å². The molecule has 0 aliphatic carbocycles. The summed E-state index contributed by atoms with van der Waals surface area (Å²) in [6.45, 7) is 7.42. The molecule has 0 radical (unpaired) electrons. The maximum Gasteiger partial charge on any atom is 0.157 e. The van der Waals surface area contributed by atoms with Gasteiger partial charge in [0.15, 0.2) is 5.65 Å². The van der Waals surface area contributed by atoms with Crippen LogP contribution in [0.15, 0.2) is 12.3 Å². The van der Waals surface area contributed by atoms with Crippen LogP contribution in [0.25, 0.3) is 11.0 Å². The first-order valence-electron chi connectivity index (χ1n) is 7.63. The lowest BCUT2D eigenvalue weighted by Crippen LogP contribution is -2.25. The molecule has 0 bridgehead atoms. The van der Waals surface area contributed by atoms with Gasteiger partial charge >= 0.3 is 0 Å². The SMILES string of the molecule is CCCCCC(C)NCc1cnc2c(c1)c(C)nn2C. The summed E-state index contributed by atoms with van der Waals surface area (Å²) in [6, 6.07) is 2.77. The first kappa shape index (κ1) is 15.0. The molecule has 20 heavy (non-hydrogen) atoms. The second kappa shape index (κ2) is 6.84. The van der Waals surface area contributed by atoms with E-state index in [2.05, 4.69) is 35.3 Å². The Morgan fingerprint density at radius 1 is 1.35 bits per heavy atom. The monoisotopic (exact) mass is 274 g/mol. The van der Waals surface area contributed by atoms with Gasteiger partial charge in [-0.15, -0.1) is 0 Å². The number of rotatable bonds is 7. The van der Waals surface area contributed by atoms with Gasteiger partial charge in [-0.1, -0.05) is 26.2 Å². The Hall–Kier alpha value is -1.42. The minimum atomic E-state index is 0.562. The maximum absolute atomic E-state index is 4.52. The quantitative estimate of drug-likeness (QED) is 0.787. The minimum absolute atomic E-state index is 0.562. The molecule has 0 spiro atoms. The lowest BCUT2D eigenvalue weighted by atomic mass is 10.1. The largest absolute Gasteiger partial charge is 0.310 e. The molecular weight excluding hydrogens is 248 g/mol. The zero-order chi connectivity index (χ0) is 14.5. The van der Waals surface area contributed by atoms with Crippen molar-refractivity contribution >= 4 is 11.0 Å². The van der Waals surface area contributed by atoms with Crippen LogP contribution >= 0.6 is 0 Å². The smallest absolute Gasteiger partial charge is 0.157 e. The van der Waals surface area contributed by atoms with Gasteiger partial charge in [0, 0.05) is 31.2 Å². The first-order valence-corrected chi connectivity index (χ1v) is 7.63. The number of fused-ring (bicyclic) bond motifs is 1. The number of hydrogen-bond acceptors (Lipinski definition) is 3. The third-order valence-corrected chi connectivity index (χ3v) is 3.81. The number of nitrogens with one attached hydrogen (secondary N) is 1. The first-order chi connectivity index (χ1) is 9.61. The van der Waals surface area contributed by atoms with E-state index >= 15 is 0 Å². The number of aryl methyl sites for hydroxylation is 2. The van der Waals surface area contributed by atoms with E-state index in [0.717, 1.165) is 23.3 Å². The maximum atomic E-state index is 4.52. The predicted octanol–water partition coefficient (Wildman–Crippen LogP) is 3.34. The number of nitrogens with zero attached hydrogens (tertiary/aromatic N) is 3. The predicted molar refractivity (Wildman–Crippen MR) is 83.7 cm³/mol. The van der Waals surface area contributed by atoms with E-state index in [1.807, 2.05) is 24.9 Å². The van der Waals surface area contributed by atoms with Crippen LogP contribution in [0.1, 0.15) is 50.8 Å². The van der Waals surface area contributed by atoms with Gasteiger partial charge in [0.05, 0.1) is 5.69 Å². The lowest BCUT2D eigenvalue weighted by Gasteiger charge is -2.13. The molecule has 0 amide bonds. The molecule has 2 rings (SSSR count). The molecule has 0 fully saturated rings. The van der Waals surface area contributed by atoms with Crippen molar-refractivity contribution < 1.29 is 0 Å². The number of pyridine rings is 1. The van der Waals surface area contributed by atoms with Gasteiger partial charge < -0.3 is 5.32 Å². The molecule has 4 heteroatoms. The van der Waals surface area contributed by atoms with E-state index in [1.165, 1.54) is 31.2 Å². The molecule has 110 valence electrons. The van der Waals surface area contributed by atoms with Gasteiger partial charge in [-0.2, -0.15) is 5.10 Å². The highest BCUT2D eigenvalue weighted by molar-refractivity contribution is 5.78. The average Bonchev–Trinajstić information content (AvgIpc) is 2.72. The van der Waals surface area contributed by atoms with Crippen LogP contribution in [0.3, 0.4) is 0 Å². The standard InChI is InChI=1S/C16H26N4/c1-5-6-7-8-12(2)17-10-14-9-15-13(3)19-20(4)16(15)18-11-14/h9,11-12,17H,5-8,10H2,1-4H3. The number of unbranched alkanes of at least 4 members (excludes halogenated alkanes) is 2. The summed E-state index contributed by atoms with van der Waals surface area (Å²) >= 11 is 0. The van der Waals surface area contributed by atoms with E-state index in [9.17, 15) is 0 Å². The molecular formula is C16H26N4. The van der Waals surface area contributed by atoms with Crippen molar-refractivity contribution in [3.05, 3.63) is 23.5 Å². The van der Waals surface area contributed by atoms with E-state index in [-0.39, 0.29) is 0 Å². The number of aromatic nitrogens is 3. The Morgan fingerprint density at radius 2 is 2.15 bits per heavy atom. The average molecular weight is 274 g/mol. The van der Waals surface area contributed by atoms with E-state index in [1.54, 1.807) is 0 Å². The summed E-state index contributed by atoms with van der Waals surface area (Å²) < 4.78 is 1.84. The summed E-state index contributed by atoms with van der Waals surface area (Å²) in [4.78, 5) is 4.52.